The van der Waals surface area contributed by atoms with Crippen LogP contribution >= 0.6 is 11.3 Å². The minimum absolute atomic E-state index is 0.500. The number of para-hydroxylation sites is 1. The maximum absolute atomic E-state index is 5.68. The van der Waals surface area contributed by atoms with Crippen molar-refractivity contribution in [2.75, 3.05) is 19.7 Å². The van der Waals surface area contributed by atoms with Crippen molar-refractivity contribution in [1.82, 2.24) is 10.6 Å². The van der Waals surface area contributed by atoms with Crippen molar-refractivity contribution >= 4 is 17.3 Å². The van der Waals surface area contributed by atoms with E-state index in [1.807, 2.05) is 24.3 Å². The van der Waals surface area contributed by atoms with E-state index in [4.69, 9.17) is 4.74 Å². The Bertz CT molecular complexity index is 638. The normalized spacial score (nSPS) is 11.1. The van der Waals surface area contributed by atoms with Gasteiger partial charge in [-0.3, -0.25) is 0 Å². The first-order chi connectivity index (χ1) is 11.8. The molecule has 1 heterocycles. The minimum atomic E-state index is 0.500. The van der Waals surface area contributed by atoms with Crippen LogP contribution in [0.2, 0.25) is 0 Å². The number of nitrogens with zero attached hydrogens (tertiary/aromatic N) is 1. The molecule has 1 aromatic carbocycles. The number of thiophene rings is 1. The molecule has 1 aromatic heterocycles. The summed E-state index contributed by atoms with van der Waals surface area (Å²) in [6.07, 6.45) is 2.75. The van der Waals surface area contributed by atoms with Crippen molar-refractivity contribution in [3.63, 3.8) is 0 Å². The zero-order valence-electron chi connectivity index (χ0n) is 14.1. The number of benzene rings is 1. The molecule has 128 valence electrons. The molecule has 2 rings (SSSR count). The van der Waals surface area contributed by atoms with Crippen LogP contribution in [0.1, 0.15) is 17.4 Å². The van der Waals surface area contributed by atoms with Gasteiger partial charge in [0.15, 0.2) is 5.96 Å². The summed E-state index contributed by atoms with van der Waals surface area (Å²) in [4.78, 5) is 6.04. The molecule has 24 heavy (non-hydrogen) atoms. The Morgan fingerprint density at radius 3 is 2.88 bits per heavy atom. The molecule has 4 nitrogen and oxygen atoms in total. The lowest BCUT2D eigenvalue weighted by molar-refractivity contribution is 0.359. The third kappa shape index (κ3) is 6.08. The van der Waals surface area contributed by atoms with Crippen molar-refractivity contribution in [3.8, 4) is 5.75 Å². The largest absolute Gasteiger partial charge is 0.489 e. The summed E-state index contributed by atoms with van der Waals surface area (Å²) >= 11 is 1.78. The lowest BCUT2D eigenvalue weighted by Crippen LogP contribution is -2.38. The molecule has 0 saturated heterocycles. The summed E-state index contributed by atoms with van der Waals surface area (Å²) in [6, 6.07) is 12.2. The van der Waals surface area contributed by atoms with Crippen LogP contribution in [-0.2, 0) is 13.0 Å². The quantitative estimate of drug-likeness (QED) is 0.415. The first kappa shape index (κ1) is 18.1. The Morgan fingerprint density at radius 1 is 1.25 bits per heavy atom. The summed E-state index contributed by atoms with van der Waals surface area (Å²) in [5.74, 6) is 1.68. The van der Waals surface area contributed by atoms with Crippen molar-refractivity contribution in [2.45, 2.75) is 19.9 Å². The van der Waals surface area contributed by atoms with Crippen LogP contribution in [-0.4, -0.2) is 25.7 Å². The highest BCUT2D eigenvalue weighted by Gasteiger charge is 2.03. The topological polar surface area (TPSA) is 45.6 Å². The van der Waals surface area contributed by atoms with E-state index in [-0.39, 0.29) is 0 Å². The van der Waals surface area contributed by atoms with Gasteiger partial charge in [-0.05, 0) is 30.9 Å². The highest BCUT2D eigenvalue weighted by molar-refractivity contribution is 7.09. The number of nitrogens with one attached hydrogen (secondary N) is 2. The molecule has 0 aliphatic carbocycles. The van der Waals surface area contributed by atoms with E-state index in [1.165, 1.54) is 4.88 Å². The molecule has 0 bridgehead atoms. The fourth-order valence-electron chi connectivity index (χ4n) is 2.19. The molecular weight excluding hydrogens is 318 g/mol. The van der Waals surface area contributed by atoms with Crippen LogP contribution in [0.25, 0.3) is 0 Å². The van der Waals surface area contributed by atoms with E-state index in [9.17, 15) is 0 Å². The molecule has 0 unspecified atom stereocenters. The number of rotatable bonds is 9. The Balaban J connectivity index is 1.93. The zero-order valence-corrected chi connectivity index (χ0v) is 14.9. The van der Waals surface area contributed by atoms with Crippen LogP contribution in [0.4, 0.5) is 0 Å². The van der Waals surface area contributed by atoms with Crippen LogP contribution in [0, 0.1) is 0 Å². The summed E-state index contributed by atoms with van der Waals surface area (Å²) in [6.45, 7) is 8.52. The van der Waals surface area contributed by atoms with E-state index in [2.05, 4.69) is 46.6 Å². The van der Waals surface area contributed by atoms with Crippen molar-refractivity contribution in [2.24, 2.45) is 4.99 Å². The van der Waals surface area contributed by atoms with Gasteiger partial charge in [-0.25, -0.2) is 4.99 Å². The number of guanidine groups is 1. The van der Waals surface area contributed by atoms with Crippen LogP contribution in [0.5, 0.6) is 5.75 Å². The van der Waals surface area contributed by atoms with E-state index >= 15 is 0 Å². The number of aliphatic imine (C=N–C) groups is 1. The lowest BCUT2D eigenvalue weighted by Gasteiger charge is -2.12. The Hall–Kier alpha value is -2.27. The Labute approximate surface area is 148 Å². The second-order valence-electron chi connectivity index (χ2n) is 5.16. The lowest BCUT2D eigenvalue weighted by atomic mass is 10.2. The van der Waals surface area contributed by atoms with Gasteiger partial charge in [0.05, 0.1) is 6.54 Å². The number of ether oxygens (including phenoxy) is 1. The molecule has 0 atom stereocenters. The third-order valence-electron chi connectivity index (χ3n) is 3.32. The summed E-state index contributed by atoms with van der Waals surface area (Å²) in [7, 11) is 0. The van der Waals surface area contributed by atoms with Crippen molar-refractivity contribution in [1.29, 1.82) is 0 Å². The molecule has 0 aliphatic rings. The van der Waals surface area contributed by atoms with Crippen LogP contribution < -0.4 is 15.4 Å². The molecule has 0 amide bonds. The molecule has 0 spiro atoms. The first-order valence-corrected chi connectivity index (χ1v) is 9.07. The molecule has 5 heteroatoms. The smallest absolute Gasteiger partial charge is 0.191 e. The zero-order chi connectivity index (χ0) is 17.0. The SMILES string of the molecule is C=CCOc1ccccc1CN=C(NCC)NCCc1cccs1. The molecule has 2 N–H and O–H groups in total. The molecular formula is C19H25N3OS. The summed E-state index contributed by atoms with van der Waals surface area (Å²) < 4.78 is 5.68. The van der Waals surface area contributed by atoms with Gasteiger partial charge < -0.3 is 15.4 Å². The minimum Gasteiger partial charge on any atom is -0.489 e. The molecule has 0 aliphatic heterocycles. The predicted molar refractivity (Wildman–Crippen MR) is 103 cm³/mol. The standard InChI is InChI=1S/C19H25N3OS/c1-3-13-23-18-10-6-5-8-16(18)15-22-19(20-4-2)21-12-11-17-9-7-14-24-17/h3,5-10,14H,1,4,11-13,15H2,2H3,(H2,20,21,22). The van der Waals surface area contributed by atoms with Gasteiger partial charge in [-0.15, -0.1) is 11.3 Å². The van der Waals surface area contributed by atoms with Gasteiger partial charge in [-0.1, -0.05) is 36.9 Å². The van der Waals surface area contributed by atoms with E-state index < -0.39 is 0 Å². The molecule has 0 fully saturated rings. The fourth-order valence-corrected chi connectivity index (χ4v) is 2.90. The maximum Gasteiger partial charge on any atom is 0.191 e. The average Bonchev–Trinajstić information content (AvgIpc) is 3.12. The fraction of sp³-hybridized carbons (Fsp3) is 0.316. The van der Waals surface area contributed by atoms with E-state index in [0.29, 0.717) is 13.2 Å². The van der Waals surface area contributed by atoms with E-state index in [1.54, 1.807) is 17.4 Å². The second-order valence-corrected chi connectivity index (χ2v) is 6.19. The predicted octanol–water partition coefficient (Wildman–Crippen LogP) is 3.61. The highest BCUT2D eigenvalue weighted by Crippen LogP contribution is 2.18. The van der Waals surface area contributed by atoms with Crippen molar-refractivity contribution < 1.29 is 4.74 Å². The Kier molecular flexibility index (Phi) is 7.90. The van der Waals surface area contributed by atoms with Gasteiger partial charge in [0.2, 0.25) is 0 Å². The van der Waals surface area contributed by atoms with Gasteiger partial charge >= 0.3 is 0 Å². The van der Waals surface area contributed by atoms with Gasteiger partial charge in [0.25, 0.3) is 0 Å². The van der Waals surface area contributed by atoms with E-state index in [0.717, 1.165) is 36.8 Å². The Morgan fingerprint density at radius 2 is 2.12 bits per heavy atom. The summed E-state index contributed by atoms with van der Waals surface area (Å²) in [5.41, 5.74) is 1.06. The van der Waals surface area contributed by atoms with Gasteiger partial charge in [0.1, 0.15) is 12.4 Å². The molecule has 0 saturated carbocycles. The van der Waals surface area contributed by atoms with Crippen LogP contribution in [0.15, 0.2) is 59.4 Å². The molecule has 0 radical (unpaired) electrons. The first-order valence-electron chi connectivity index (χ1n) is 8.19. The van der Waals surface area contributed by atoms with Gasteiger partial charge in [-0.2, -0.15) is 0 Å². The number of hydrogen-bond acceptors (Lipinski definition) is 3. The molecule has 2 aromatic rings. The second kappa shape index (κ2) is 10.5. The average molecular weight is 343 g/mol. The van der Waals surface area contributed by atoms with Crippen molar-refractivity contribution in [3.05, 3.63) is 64.9 Å². The third-order valence-corrected chi connectivity index (χ3v) is 4.26. The maximum atomic E-state index is 5.68. The van der Waals surface area contributed by atoms with Gasteiger partial charge in [0, 0.05) is 23.5 Å². The summed E-state index contributed by atoms with van der Waals surface area (Å²) in [5, 5.41) is 8.77. The highest BCUT2D eigenvalue weighted by atomic mass is 32.1. The monoisotopic (exact) mass is 343 g/mol. The van der Waals surface area contributed by atoms with Crippen LogP contribution in [0.3, 0.4) is 0 Å². The number of hydrogen-bond donors (Lipinski definition) is 2.